The highest BCUT2D eigenvalue weighted by molar-refractivity contribution is 7.86. The monoisotopic (exact) mass is 608 g/mol. The average Bonchev–Trinajstić information content (AvgIpc) is 2.93. The van der Waals surface area contributed by atoms with Gasteiger partial charge in [-0.2, -0.15) is 8.42 Å². The topological polar surface area (TPSA) is 256 Å². The molecule has 0 heterocycles. The zero-order chi connectivity index (χ0) is 31.3. The molecule has 42 heavy (non-hydrogen) atoms. The maximum Gasteiger partial charge on any atom is 0.408 e. The second-order valence-electron chi connectivity index (χ2n) is 9.33. The molecule has 2 rings (SSSR count). The van der Waals surface area contributed by atoms with Gasteiger partial charge >= 0.3 is 6.09 Å². The van der Waals surface area contributed by atoms with Crippen molar-refractivity contribution in [2.45, 2.75) is 56.4 Å². The van der Waals surface area contributed by atoms with E-state index in [0.717, 1.165) is 5.56 Å². The maximum atomic E-state index is 13.0. The Morgan fingerprint density at radius 3 is 2.19 bits per heavy atom. The number of amides is 3. The number of rotatable bonds is 15. The number of aliphatic hydroxyl groups is 1. The first kappa shape index (κ1) is 33.8. The lowest BCUT2D eigenvalue weighted by atomic mass is 10.1. The fourth-order valence-corrected chi connectivity index (χ4v) is 4.26. The van der Waals surface area contributed by atoms with Crippen LogP contribution in [0.15, 0.2) is 59.6 Å². The van der Waals surface area contributed by atoms with Gasteiger partial charge in [-0.05, 0) is 49.4 Å². The van der Waals surface area contributed by atoms with Gasteiger partial charge < -0.3 is 42.4 Å². The number of carbonyl (C=O) groups excluding carboxylic acids is 3. The summed E-state index contributed by atoms with van der Waals surface area (Å²) in [7, 11) is -4.98. The molecule has 0 aliphatic rings. The van der Waals surface area contributed by atoms with Crippen LogP contribution in [0.3, 0.4) is 0 Å². The molecule has 10 N–H and O–H groups in total. The number of hydrogen-bond donors (Lipinski definition) is 8. The second-order valence-corrected chi connectivity index (χ2v) is 10.8. The molecule has 0 radical (unpaired) electrons. The van der Waals surface area contributed by atoms with Crippen LogP contribution in [-0.4, -0.2) is 77.2 Å². The van der Waals surface area contributed by atoms with Crippen molar-refractivity contribution in [3.05, 3.63) is 65.7 Å². The Morgan fingerprint density at radius 2 is 1.60 bits per heavy atom. The van der Waals surface area contributed by atoms with Crippen molar-refractivity contribution >= 4 is 34.0 Å². The number of phenols is 1. The summed E-state index contributed by atoms with van der Waals surface area (Å²) in [6, 6.07) is 10.4. The molecule has 16 heteroatoms. The van der Waals surface area contributed by atoms with E-state index < -0.39 is 51.6 Å². The van der Waals surface area contributed by atoms with Crippen molar-refractivity contribution in [3.8, 4) is 5.75 Å². The highest BCUT2D eigenvalue weighted by Gasteiger charge is 2.33. The van der Waals surface area contributed by atoms with Crippen LogP contribution in [0.25, 0.3) is 0 Å². The Morgan fingerprint density at radius 1 is 0.952 bits per heavy atom. The Hall–Kier alpha value is -4.41. The molecule has 0 fully saturated rings. The van der Waals surface area contributed by atoms with E-state index >= 15 is 0 Å². The number of hydrogen-bond acceptors (Lipinski definition) is 9. The predicted molar refractivity (Wildman–Crippen MR) is 152 cm³/mol. The number of aromatic hydroxyl groups is 1. The number of aliphatic hydroxyl groups excluding tert-OH is 1. The van der Waals surface area contributed by atoms with E-state index in [9.17, 15) is 37.6 Å². The van der Waals surface area contributed by atoms with E-state index in [1.807, 2.05) is 0 Å². The summed E-state index contributed by atoms with van der Waals surface area (Å²) < 4.78 is 37.8. The smallest absolute Gasteiger partial charge is 0.408 e. The largest absolute Gasteiger partial charge is 0.508 e. The van der Waals surface area contributed by atoms with Gasteiger partial charge in [0.25, 0.3) is 10.1 Å². The number of phenolic OH excluding ortho intramolecular Hbond substituents is 1. The van der Waals surface area contributed by atoms with Crippen molar-refractivity contribution in [3.63, 3.8) is 0 Å². The van der Waals surface area contributed by atoms with Crippen LogP contribution in [0, 0.1) is 0 Å². The standard InChI is InChI=1S/C26H36N6O9S/c1-16(22(34)31-21(24(36)42(38,39)40)14-17-9-11-19(33)12-10-17)30-23(35)20(8-5-13-29-25(27)28)32-26(37)41-15-18-6-3-2-4-7-18/h2-4,6-7,9-12,16,20-21,24,33,36H,5,8,13-15H2,1H3,(H,30,35)(H,31,34)(H,32,37)(H4,27,28,29)(H,38,39,40)/t16-,20-,21?,24?/m0/s1. The molecule has 0 saturated carbocycles. The van der Waals surface area contributed by atoms with Crippen LogP contribution in [0.4, 0.5) is 4.79 Å². The van der Waals surface area contributed by atoms with Crippen molar-refractivity contribution in [1.82, 2.24) is 16.0 Å². The van der Waals surface area contributed by atoms with Crippen molar-refractivity contribution < 1.29 is 42.3 Å². The molecule has 0 aliphatic carbocycles. The molecule has 0 bridgehead atoms. The second kappa shape index (κ2) is 16.1. The minimum Gasteiger partial charge on any atom is -0.508 e. The zero-order valence-corrected chi connectivity index (χ0v) is 23.7. The third-order valence-electron chi connectivity index (χ3n) is 5.89. The van der Waals surface area contributed by atoms with Gasteiger partial charge in [-0.1, -0.05) is 42.5 Å². The Balaban J connectivity index is 2.08. The van der Waals surface area contributed by atoms with E-state index in [2.05, 4.69) is 20.9 Å². The van der Waals surface area contributed by atoms with Gasteiger partial charge in [0.15, 0.2) is 5.96 Å². The summed E-state index contributed by atoms with van der Waals surface area (Å²) in [6.07, 6.45) is -0.772. The molecule has 2 unspecified atom stereocenters. The summed E-state index contributed by atoms with van der Waals surface area (Å²) >= 11 is 0. The van der Waals surface area contributed by atoms with E-state index in [-0.39, 0.29) is 44.1 Å². The van der Waals surface area contributed by atoms with Crippen LogP contribution in [0.2, 0.25) is 0 Å². The minimum atomic E-state index is -4.98. The molecule has 15 nitrogen and oxygen atoms in total. The number of aliphatic imine (C=N–C) groups is 1. The number of nitrogens with two attached hydrogens (primary N) is 2. The number of ether oxygens (including phenoxy) is 1. The summed E-state index contributed by atoms with van der Waals surface area (Å²) in [5.41, 5.74) is 9.40. The number of carbonyl (C=O) groups is 3. The van der Waals surface area contributed by atoms with Crippen molar-refractivity contribution in [2.24, 2.45) is 16.5 Å². The Kier molecular flexibility index (Phi) is 13.0. The fraction of sp³-hybridized carbons (Fsp3) is 0.385. The normalized spacial score (nSPS) is 14.0. The molecule has 0 aromatic heterocycles. The number of benzene rings is 2. The van der Waals surface area contributed by atoms with Crippen molar-refractivity contribution in [1.29, 1.82) is 0 Å². The predicted octanol–water partition coefficient (Wildman–Crippen LogP) is -0.521. The summed E-state index contributed by atoms with van der Waals surface area (Å²) in [4.78, 5) is 42.2. The Labute approximate surface area is 243 Å². The lowest BCUT2D eigenvalue weighted by molar-refractivity contribution is -0.130. The molecule has 0 aliphatic heterocycles. The van der Waals surface area contributed by atoms with Gasteiger partial charge in [-0.25, -0.2) is 4.79 Å². The van der Waals surface area contributed by atoms with Crippen LogP contribution in [0.5, 0.6) is 5.75 Å². The Bertz CT molecular complexity index is 1320. The molecule has 4 atom stereocenters. The average molecular weight is 609 g/mol. The molecule has 230 valence electrons. The third-order valence-corrected chi connectivity index (χ3v) is 6.83. The molecule has 0 saturated heterocycles. The van der Waals surface area contributed by atoms with E-state index in [0.29, 0.717) is 5.56 Å². The lowest BCUT2D eigenvalue weighted by Gasteiger charge is -2.25. The summed E-state index contributed by atoms with van der Waals surface area (Å²) in [6.45, 7) is 1.41. The quantitative estimate of drug-likeness (QED) is 0.0552. The molecule has 2 aromatic carbocycles. The van der Waals surface area contributed by atoms with Gasteiger partial charge in [0, 0.05) is 6.54 Å². The van der Waals surface area contributed by atoms with Crippen LogP contribution < -0.4 is 27.4 Å². The van der Waals surface area contributed by atoms with Crippen LogP contribution >= 0.6 is 0 Å². The summed E-state index contributed by atoms with van der Waals surface area (Å²) in [5, 5.41) is 26.8. The van der Waals surface area contributed by atoms with Crippen LogP contribution in [0.1, 0.15) is 30.9 Å². The van der Waals surface area contributed by atoms with Gasteiger partial charge in [-0.15, -0.1) is 0 Å². The lowest BCUT2D eigenvalue weighted by Crippen LogP contribution is -2.56. The highest BCUT2D eigenvalue weighted by atomic mass is 32.2. The van der Waals surface area contributed by atoms with E-state index in [1.54, 1.807) is 30.3 Å². The SMILES string of the molecule is C[C@H](NC(=O)[C@H](CCCN=C(N)N)NC(=O)OCc1ccccc1)C(=O)NC(Cc1ccc(O)cc1)C(O)S(=O)(=O)O. The first-order chi connectivity index (χ1) is 19.8. The molecule has 3 amide bonds. The van der Waals surface area contributed by atoms with Crippen LogP contribution in [-0.2, 0) is 37.5 Å². The van der Waals surface area contributed by atoms with Crippen molar-refractivity contribution in [2.75, 3.05) is 6.54 Å². The van der Waals surface area contributed by atoms with E-state index in [1.165, 1.54) is 31.2 Å². The first-order valence-electron chi connectivity index (χ1n) is 12.8. The fourth-order valence-electron chi connectivity index (χ4n) is 3.68. The highest BCUT2D eigenvalue weighted by Crippen LogP contribution is 2.14. The van der Waals surface area contributed by atoms with Gasteiger partial charge in [0.2, 0.25) is 17.3 Å². The summed E-state index contributed by atoms with van der Waals surface area (Å²) in [5.74, 6) is -1.85. The number of alkyl carbamates (subject to hydrolysis) is 1. The van der Waals surface area contributed by atoms with Gasteiger partial charge in [0.1, 0.15) is 24.4 Å². The maximum absolute atomic E-state index is 13.0. The number of nitrogens with one attached hydrogen (secondary N) is 3. The third kappa shape index (κ3) is 12.0. The molecule has 0 spiro atoms. The molecular formula is C26H36N6O9S. The van der Waals surface area contributed by atoms with Gasteiger partial charge in [-0.3, -0.25) is 19.1 Å². The zero-order valence-electron chi connectivity index (χ0n) is 22.8. The minimum absolute atomic E-state index is 0.0493. The first-order valence-corrected chi connectivity index (χ1v) is 14.3. The molecule has 2 aromatic rings. The molecular weight excluding hydrogens is 572 g/mol. The number of nitrogens with zero attached hydrogens (tertiary/aromatic N) is 1. The van der Waals surface area contributed by atoms with E-state index in [4.69, 9.17) is 16.2 Å². The number of guanidine groups is 1. The van der Waals surface area contributed by atoms with Gasteiger partial charge in [0.05, 0.1) is 6.04 Å².